The third-order valence-corrected chi connectivity index (χ3v) is 5.14. The van der Waals surface area contributed by atoms with Crippen LogP contribution >= 0.6 is 0 Å². The maximum atomic E-state index is 9.04. The van der Waals surface area contributed by atoms with Gasteiger partial charge >= 0.3 is 0 Å². The van der Waals surface area contributed by atoms with Gasteiger partial charge in [0.1, 0.15) is 5.75 Å². The minimum atomic E-state index is -0.157. The fourth-order valence-corrected chi connectivity index (χ4v) is 3.86. The number of hydrogen-bond acceptors (Lipinski definition) is 5. The van der Waals surface area contributed by atoms with Gasteiger partial charge in [-0.2, -0.15) is 0 Å². The summed E-state index contributed by atoms with van der Waals surface area (Å²) in [7, 11) is 1.67. The highest BCUT2D eigenvalue weighted by molar-refractivity contribution is 5.81. The number of benzene rings is 1. The Bertz CT molecular complexity index is 639. The number of nitrogens with two attached hydrogens (primary N) is 1. The highest BCUT2D eigenvalue weighted by Crippen LogP contribution is 2.40. The summed E-state index contributed by atoms with van der Waals surface area (Å²) in [6.07, 6.45) is 5.97. The van der Waals surface area contributed by atoms with Gasteiger partial charge in [0.25, 0.3) is 0 Å². The van der Waals surface area contributed by atoms with E-state index in [-0.39, 0.29) is 12.1 Å². The van der Waals surface area contributed by atoms with Gasteiger partial charge in [0, 0.05) is 13.2 Å². The SMILES string of the molecule is COc1ccc(CN2C(N)=NC3(C)CC(CCCO)=CCC23)cc1. The summed E-state index contributed by atoms with van der Waals surface area (Å²) in [5.74, 6) is 1.50. The van der Waals surface area contributed by atoms with Gasteiger partial charge in [-0.05, 0) is 50.3 Å². The van der Waals surface area contributed by atoms with Crippen LogP contribution in [0.1, 0.15) is 38.2 Å². The van der Waals surface area contributed by atoms with Crippen LogP contribution in [0.15, 0.2) is 40.9 Å². The van der Waals surface area contributed by atoms with Crippen molar-refractivity contribution in [1.29, 1.82) is 0 Å². The van der Waals surface area contributed by atoms with Gasteiger partial charge in [0.2, 0.25) is 0 Å². The summed E-state index contributed by atoms with van der Waals surface area (Å²) in [5, 5.41) is 9.04. The molecule has 1 aliphatic carbocycles. The fourth-order valence-electron chi connectivity index (χ4n) is 3.86. The van der Waals surface area contributed by atoms with Crippen molar-refractivity contribution in [3.05, 3.63) is 41.5 Å². The number of aliphatic hydroxyl groups excluding tert-OH is 1. The molecule has 0 bridgehead atoms. The second-order valence-electron chi connectivity index (χ2n) is 6.92. The first-order chi connectivity index (χ1) is 11.6. The lowest BCUT2D eigenvalue weighted by molar-refractivity contribution is 0.221. The molecule has 130 valence electrons. The monoisotopic (exact) mass is 329 g/mol. The lowest BCUT2D eigenvalue weighted by atomic mass is 9.78. The second kappa shape index (κ2) is 6.85. The van der Waals surface area contributed by atoms with Crippen molar-refractivity contribution in [3.8, 4) is 5.75 Å². The Hall–Kier alpha value is -2.01. The van der Waals surface area contributed by atoms with Crippen molar-refractivity contribution in [2.24, 2.45) is 10.7 Å². The molecule has 3 rings (SSSR count). The van der Waals surface area contributed by atoms with Crippen molar-refractivity contribution >= 4 is 5.96 Å². The fraction of sp³-hybridized carbons (Fsp3) is 0.526. The van der Waals surface area contributed by atoms with Crippen LogP contribution in [0.2, 0.25) is 0 Å². The summed E-state index contributed by atoms with van der Waals surface area (Å²) in [6.45, 7) is 3.20. The maximum absolute atomic E-state index is 9.04. The summed E-state index contributed by atoms with van der Waals surface area (Å²) < 4.78 is 5.22. The van der Waals surface area contributed by atoms with E-state index in [2.05, 4.69) is 30.0 Å². The molecule has 5 heteroatoms. The van der Waals surface area contributed by atoms with E-state index in [9.17, 15) is 0 Å². The van der Waals surface area contributed by atoms with Crippen molar-refractivity contribution < 1.29 is 9.84 Å². The standard InChI is InChI=1S/C19H27N3O2/c1-19-12-14(4-3-11-23)7-10-17(19)22(18(20)21-19)13-15-5-8-16(24-2)9-6-15/h5-9,17,23H,3-4,10-13H2,1-2H3,(H2,20,21). The molecule has 2 unspecified atom stereocenters. The van der Waals surface area contributed by atoms with E-state index in [1.54, 1.807) is 7.11 Å². The molecule has 1 heterocycles. The zero-order valence-corrected chi connectivity index (χ0v) is 14.5. The van der Waals surface area contributed by atoms with Gasteiger partial charge in [0.15, 0.2) is 5.96 Å². The van der Waals surface area contributed by atoms with E-state index >= 15 is 0 Å². The third-order valence-electron chi connectivity index (χ3n) is 5.14. The molecule has 24 heavy (non-hydrogen) atoms. The quantitative estimate of drug-likeness (QED) is 0.787. The number of aliphatic hydroxyl groups is 1. The van der Waals surface area contributed by atoms with Crippen molar-refractivity contribution in [2.45, 2.75) is 50.7 Å². The number of guanidine groups is 1. The van der Waals surface area contributed by atoms with Crippen LogP contribution in [0.25, 0.3) is 0 Å². The highest BCUT2D eigenvalue weighted by atomic mass is 16.5. The number of ether oxygens (including phenoxy) is 1. The van der Waals surface area contributed by atoms with Crippen LogP contribution in [-0.4, -0.2) is 41.3 Å². The molecule has 2 aliphatic rings. The van der Waals surface area contributed by atoms with Gasteiger partial charge in [-0.3, -0.25) is 0 Å². The van der Waals surface area contributed by atoms with Crippen LogP contribution < -0.4 is 10.5 Å². The molecule has 3 N–H and O–H groups in total. The molecule has 0 radical (unpaired) electrons. The van der Waals surface area contributed by atoms with Gasteiger partial charge in [-0.25, -0.2) is 4.99 Å². The number of nitrogens with zero attached hydrogens (tertiary/aromatic N) is 2. The maximum Gasteiger partial charge on any atom is 0.192 e. The van der Waals surface area contributed by atoms with E-state index < -0.39 is 0 Å². The molecule has 1 aromatic rings. The molecule has 1 aromatic carbocycles. The summed E-state index contributed by atoms with van der Waals surface area (Å²) in [4.78, 5) is 7.03. The molecular weight excluding hydrogens is 302 g/mol. The largest absolute Gasteiger partial charge is 0.497 e. The minimum Gasteiger partial charge on any atom is -0.497 e. The van der Waals surface area contributed by atoms with E-state index in [4.69, 9.17) is 20.6 Å². The van der Waals surface area contributed by atoms with Crippen LogP contribution in [0.3, 0.4) is 0 Å². The molecule has 0 amide bonds. The molecule has 0 saturated carbocycles. The van der Waals surface area contributed by atoms with E-state index in [0.29, 0.717) is 12.0 Å². The topological polar surface area (TPSA) is 71.1 Å². The molecule has 1 aliphatic heterocycles. The number of hydrogen-bond donors (Lipinski definition) is 2. The van der Waals surface area contributed by atoms with Gasteiger partial charge in [0.05, 0.1) is 18.7 Å². The average molecular weight is 329 g/mol. The second-order valence-corrected chi connectivity index (χ2v) is 6.92. The lowest BCUT2D eigenvalue weighted by Crippen LogP contribution is -2.47. The first-order valence-corrected chi connectivity index (χ1v) is 8.59. The van der Waals surface area contributed by atoms with Crippen LogP contribution in [0, 0.1) is 0 Å². The summed E-state index contributed by atoms with van der Waals surface area (Å²) in [5.41, 5.74) is 8.70. The molecule has 0 spiro atoms. The molecular formula is C19H27N3O2. The van der Waals surface area contributed by atoms with Gasteiger partial charge < -0.3 is 20.5 Å². The van der Waals surface area contributed by atoms with E-state index in [1.165, 1.54) is 11.1 Å². The summed E-state index contributed by atoms with van der Waals surface area (Å²) in [6, 6.07) is 8.41. The zero-order chi connectivity index (χ0) is 17.2. The third kappa shape index (κ3) is 3.26. The van der Waals surface area contributed by atoms with E-state index in [1.807, 2.05) is 12.1 Å². The van der Waals surface area contributed by atoms with Crippen molar-refractivity contribution in [2.75, 3.05) is 13.7 Å². The Labute approximate surface area is 143 Å². The smallest absolute Gasteiger partial charge is 0.192 e. The van der Waals surface area contributed by atoms with Crippen molar-refractivity contribution in [1.82, 2.24) is 4.90 Å². The molecule has 2 atom stereocenters. The Morgan fingerprint density at radius 2 is 2.12 bits per heavy atom. The highest BCUT2D eigenvalue weighted by Gasteiger charge is 2.46. The molecule has 5 nitrogen and oxygen atoms in total. The minimum absolute atomic E-state index is 0.157. The Morgan fingerprint density at radius 3 is 2.79 bits per heavy atom. The predicted molar refractivity (Wildman–Crippen MR) is 96.0 cm³/mol. The van der Waals surface area contributed by atoms with Crippen LogP contribution in [-0.2, 0) is 6.54 Å². The molecule has 0 aromatic heterocycles. The number of fused-ring (bicyclic) bond motifs is 1. The number of aliphatic imine (C=N–C) groups is 1. The van der Waals surface area contributed by atoms with Crippen molar-refractivity contribution in [3.63, 3.8) is 0 Å². The molecule has 0 fully saturated rings. The predicted octanol–water partition coefficient (Wildman–Crippen LogP) is 2.45. The Balaban J connectivity index is 1.73. The molecule has 0 saturated heterocycles. The average Bonchev–Trinajstić information content (AvgIpc) is 2.83. The van der Waals surface area contributed by atoms with Gasteiger partial charge in [-0.1, -0.05) is 23.8 Å². The Morgan fingerprint density at radius 1 is 1.38 bits per heavy atom. The zero-order valence-electron chi connectivity index (χ0n) is 14.5. The van der Waals surface area contributed by atoms with Crippen LogP contribution in [0.5, 0.6) is 5.75 Å². The number of methoxy groups -OCH3 is 1. The first-order valence-electron chi connectivity index (χ1n) is 8.59. The van der Waals surface area contributed by atoms with Gasteiger partial charge in [-0.15, -0.1) is 0 Å². The Kier molecular flexibility index (Phi) is 4.81. The summed E-state index contributed by atoms with van der Waals surface area (Å²) >= 11 is 0. The van der Waals surface area contributed by atoms with E-state index in [0.717, 1.165) is 38.0 Å². The number of rotatable bonds is 6. The lowest BCUT2D eigenvalue weighted by Gasteiger charge is -2.38. The first kappa shape index (κ1) is 16.8. The van der Waals surface area contributed by atoms with Crippen LogP contribution in [0.4, 0.5) is 0 Å². The normalized spacial score (nSPS) is 26.0.